The second-order valence-electron chi connectivity index (χ2n) is 3.01. The van der Waals surface area contributed by atoms with Crippen LogP contribution in [0.4, 0.5) is 0 Å². The third-order valence-electron chi connectivity index (χ3n) is 2.01. The molecule has 0 atom stereocenters. The molecule has 0 heterocycles. The number of hydrogen-bond acceptors (Lipinski definition) is 2. The first kappa shape index (κ1) is 8.97. The second kappa shape index (κ2) is 4.04. The summed E-state index contributed by atoms with van der Waals surface area (Å²) in [6, 6.07) is 0. The molecule has 1 N–H and O–H groups in total. The predicted molar refractivity (Wildman–Crippen MR) is 43.8 cm³/mol. The largest absolute Gasteiger partial charge is 0.475 e. The van der Waals surface area contributed by atoms with Crippen LogP contribution in [-0.2, 0) is 9.59 Å². The van der Waals surface area contributed by atoms with Gasteiger partial charge in [0.2, 0.25) is 5.78 Å². The minimum absolute atomic E-state index is 0.106. The van der Waals surface area contributed by atoms with Gasteiger partial charge in [0.15, 0.2) is 0 Å². The molecule has 0 aromatic heterocycles. The molecular weight excluding hydrogens is 156 g/mol. The molecule has 0 aromatic rings. The Bertz CT molecular complexity index is 228. The summed E-state index contributed by atoms with van der Waals surface area (Å²) in [5.41, 5.74) is 0.994. The van der Waals surface area contributed by atoms with Crippen LogP contribution in [0, 0.1) is 0 Å². The number of carbonyl (C=O) groups excluding carboxylic acids is 1. The normalized spacial score (nSPS) is 16.8. The third-order valence-corrected chi connectivity index (χ3v) is 2.01. The molecule has 66 valence electrons. The lowest BCUT2D eigenvalue weighted by molar-refractivity contribution is -0.148. The van der Waals surface area contributed by atoms with Gasteiger partial charge in [0.05, 0.1) is 0 Å². The van der Waals surface area contributed by atoms with Gasteiger partial charge in [-0.2, -0.15) is 0 Å². The number of aliphatic carboxylic acids is 1. The van der Waals surface area contributed by atoms with E-state index < -0.39 is 11.8 Å². The van der Waals surface area contributed by atoms with Crippen LogP contribution in [0.1, 0.15) is 32.1 Å². The molecule has 3 heteroatoms. The number of Topliss-reactive ketones (excluding diaryl/α,β-unsaturated/α-hetero) is 1. The fourth-order valence-corrected chi connectivity index (χ4v) is 1.35. The molecule has 1 aliphatic rings. The molecular formula is C9H12O3. The number of carboxylic acid groups (broad SMARTS) is 1. The van der Waals surface area contributed by atoms with Gasteiger partial charge in [-0.3, -0.25) is 4.79 Å². The van der Waals surface area contributed by atoms with E-state index in [4.69, 9.17) is 5.11 Å². The summed E-state index contributed by atoms with van der Waals surface area (Å²) in [5, 5.41) is 8.34. The third kappa shape index (κ3) is 2.49. The highest BCUT2D eigenvalue weighted by molar-refractivity contribution is 6.33. The van der Waals surface area contributed by atoms with E-state index in [2.05, 4.69) is 0 Å². The smallest absolute Gasteiger partial charge is 0.372 e. The second-order valence-corrected chi connectivity index (χ2v) is 3.01. The van der Waals surface area contributed by atoms with Crippen molar-refractivity contribution in [3.8, 4) is 0 Å². The van der Waals surface area contributed by atoms with Gasteiger partial charge in [-0.15, -0.1) is 0 Å². The maximum Gasteiger partial charge on any atom is 0.372 e. The van der Waals surface area contributed by atoms with Crippen LogP contribution in [0.3, 0.4) is 0 Å². The standard InChI is InChI=1S/C9H12O3/c10-8(9(11)12)6-7-4-2-1-3-5-7/h4H,1-3,5-6H2,(H,11,12). The topological polar surface area (TPSA) is 54.4 Å². The van der Waals surface area contributed by atoms with Crippen molar-refractivity contribution < 1.29 is 14.7 Å². The van der Waals surface area contributed by atoms with E-state index in [1.54, 1.807) is 0 Å². The Kier molecular flexibility index (Phi) is 3.02. The first-order valence-electron chi connectivity index (χ1n) is 4.14. The van der Waals surface area contributed by atoms with Crippen LogP contribution in [0.15, 0.2) is 11.6 Å². The van der Waals surface area contributed by atoms with Crippen molar-refractivity contribution in [1.82, 2.24) is 0 Å². The average molecular weight is 168 g/mol. The molecule has 0 aromatic carbocycles. The first-order valence-corrected chi connectivity index (χ1v) is 4.14. The Morgan fingerprint density at radius 3 is 2.67 bits per heavy atom. The highest BCUT2D eigenvalue weighted by Gasteiger charge is 2.14. The van der Waals surface area contributed by atoms with Crippen molar-refractivity contribution in [3.05, 3.63) is 11.6 Å². The Morgan fingerprint density at radius 2 is 2.17 bits per heavy atom. The Balaban J connectivity index is 2.44. The monoisotopic (exact) mass is 168 g/mol. The number of allylic oxidation sites excluding steroid dienone is 2. The Labute approximate surface area is 71.1 Å². The lowest BCUT2D eigenvalue weighted by atomic mass is 9.96. The van der Waals surface area contributed by atoms with Crippen molar-refractivity contribution in [3.63, 3.8) is 0 Å². The van der Waals surface area contributed by atoms with E-state index in [1.165, 1.54) is 0 Å². The van der Waals surface area contributed by atoms with Crippen molar-refractivity contribution in [2.24, 2.45) is 0 Å². The fraction of sp³-hybridized carbons (Fsp3) is 0.556. The van der Waals surface area contributed by atoms with Crippen molar-refractivity contribution in [1.29, 1.82) is 0 Å². The summed E-state index contributed by atoms with van der Waals surface area (Å²) in [7, 11) is 0. The van der Waals surface area contributed by atoms with Gasteiger partial charge < -0.3 is 5.11 Å². The van der Waals surface area contributed by atoms with Crippen molar-refractivity contribution in [2.75, 3.05) is 0 Å². The summed E-state index contributed by atoms with van der Waals surface area (Å²) in [4.78, 5) is 21.0. The zero-order chi connectivity index (χ0) is 8.97. The van der Waals surface area contributed by atoms with E-state index in [-0.39, 0.29) is 6.42 Å². The number of hydrogen-bond donors (Lipinski definition) is 1. The molecule has 0 saturated carbocycles. The summed E-state index contributed by atoms with van der Waals surface area (Å²) in [5.74, 6) is -2.01. The number of carboxylic acids is 1. The van der Waals surface area contributed by atoms with Crippen molar-refractivity contribution in [2.45, 2.75) is 32.1 Å². The Morgan fingerprint density at radius 1 is 1.42 bits per heavy atom. The molecule has 0 saturated heterocycles. The molecule has 0 bridgehead atoms. The highest BCUT2D eigenvalue weighted by atomic mass is 16.4. The zero-order valence-electron chi connectivity index (χ0n) is 6.88. The summed E-state index contributed by atoms with van der Waals surface area (Å²) < 4.78 is 0. The van der Waals surface area contributed by atoms with Gasteiger partial charge in [0.1, 0.15) is 0 Å². The average Bonchev–Trinajstić information content (AvgIpc) is 2.06. The van der Waals surface area contributed by atoms with Crippen LogP contribution in [0.2, 0.25) is 0 Å². The molecule has 0 amide bonds. The molecule has 0 radical (unpaired) electrons. The summed E-state index contributed by atoms with van der Waals surface area (Å²) in [6.07, 6.45) is 6.21. The molecule has 0 spiro atoms. The molecule has 0 unspecified atom stereocenters. The van der Waals surface area contributed by atoms with Crippen LogP contribution in [0.5, 0.6) is 0 Å². The van der Waals surface area contributed by atoms with Crippen molar-refractivity contribution >= 4 is 11.8 Å². The number of rotatable bonds is 3. The fourth-order valence-electron chi connectivity index (χ4n) is 1.35. The quantitative estimate of drug-likeness (QED) is 0.513. The lowest BCUT2D eigenvalue weighted by Gasteiger charge is -2.10. The highest BCUT2D eigenvalue weighted by Crippen LogP contribution is 2.19. The first-order chi connectivity index (χ1) is 5.70. The van der Waals surface area contributed by atoms with Gasteiger partial charge in [-0.05, 0) is 25.7 Å². The van der Waals surface area contributed by atoms with Gasteiger partial charge in [0.25, 0.3) is 0 Å². The van der Waals surface area contributed by atoms with Gasteiger partial charge in [0, 0.05) is 6.42 Å². The maximum absolute atomic E-state index is 10.8. The number of carbonyl (C=O) groups is 2. The van der Waals surface area contributed by atoms with Gasteiger partial charge in [-0.1, -0.05) is 11.6 Å². The summed E-state index contributed by atoms with van der Waals surface area (Å²) in [6.45, 7) is 0. The Hall–Kier alpha value is -1.12. The van der Waals surface area contributed by atoms with E-state index >= 15 is 0 Å². The van der Waals surface area contributed by atoms with Gasteiger partial charge >= 0.3 is 5.97 Å². The van der Waals surface area contributed by atoms with Crippen LogP contribution in [0.25, 0.3) is 0 Å². The van der Waals surface area contributed by atoms with E-state index in [1.807, 2.05) is 6.08 Å². The zero-order valence-corrected chi connectivity index (χ0v) is 6.88. The molecule has 0 fully saturated rings. The summed E-state index contributed by atoms with van der Waals surface area (Å²) >= 11 is 0. The molecule has 1 aliphatic carbocycles. The van der Waals surface area contributed by atoms with E-state index in [0.29, 0.717) is 0 Å². The molecule has 12 heavy (non-hydrogen) atoms. The van der Waals surface area contributed by atoms with E-state index in [0.717, 1.165) is 31.3 Å². The predicted octanol–water partition coefficient (Wildman–Crippen LogP) is 1.53. The maximum atomic E-state index is 10.8. The molecule has 1 rings (SSSR count). The van der Waals surface area contributed by atoms with Crippen LogP contribution in [-0.4, -0.2) is 16.9 Å². The van der Waals surface area contributed by atoms with Crippen LogP contribution < -0.4 is 0 Å². The lowest BCUT2D eigenvalue weighted by Crippen LogP contribution is -2.13. The minimum Gasteiger partial charge on any atom is -0.475 e. The number of ketones is 1. The SMILES string of the molecule is O=C(O)C(=O)CC1=CCCCC1. The van der Waals surface area contributed by atoms with Crippen LogP contribution >= 0.6 is 0 Å². The minimum atomic E-state index is -1.32. The molecule has 3 nitrogen and oxygen atoms in total. The van der Waals surface area contributed by atoms with E-state index in [9.17, 15) is 9.59 Å². The molecule has 0 aliphatic heterocycles. The van der Waals surface area contributed by atoms with Gasteiger partial charge in [-0.25, -0.2) is 4.79 Å².